The molecule has 8 heteroatoms. The zero-order valence-electron chi connectivity index (χ0n) is 21.0. The SMILES string of the molecule is Cc1ccc(-c2cn3cc(C#N)ccc3n2)cc1.Cc1ccc(C(=O)CBr)cc1.N#Cc1ccc(N)nc1. The highest BCUT2D eigenvalue weighted by Crippen LogP contribution is 2.20. The lowest BCUT2D eigenvalue weighted by Gasteiger charge is -1.96. The van der Waals surface area contributed by atoms with E-state index >= 15 is 0 Å². The lowest BCUT2D eigenvalue weighted by molar-refractivity contribution is 0.102. The van der Waals surface area contributed by atoms with Crippen LogP contribution in [0, 0.1) is 36.5 Å². The Bertz CT molecular complexity index is 1590. The summed E-state index contributed by atoms with van der Waals surface area (Å²) in [5.74, 6) is 0.569. The fourth-order valence-electron chi connectivity index (χ4n) is 3.21. The summed E-state index contributed by atoms with van der Waals surface area (Å²) in [5, 5.41) is 17.6. The van der Waals surface area contributed by atoms with Crippen LogP contribution in [0.2, 0.25) is 0 Å². The summed E-state index contributed by atoms with van der Waals surface area (Å²) in [5.41, 5.74) is 12.5. The van der Waals surface area contributed by atoms with Crippen molar-refractivity contribution in [3.63, 3.8) is 0 Å². The van der Waals surface area contributed by atoms with Crippen LogP contribution >= 0.6 is 15.9 Å². The first kappa shape index (κ1) is 27.8. The number of ketones is 1. The van der Waals surface area contributed by atoms with Gasteiger partial charge in [0.2, 0.25) is 0 Å². The molecule has 2 aromatic carbocycles. The van der Waals surface area contributed by atoms with Gasteiger partial charge in [0.25, 0.3) is 0 Å². The minimum Gasteiger partial charge on any atom is -0.384 e. The van der Waals surface area contributed by atoms with Crippen molar-refractivity contribution in [2.75, 3.05) is 11.1 Å². The van der Waals surface area contributed by atoms with E-state index in [4.69, 9.17) is 16.3 Å². The van der Waals surface area contributed by atoms with Crippen LogP contribution in [0.5, 0.6) is 0 Å². The zero-order valence-corrected chi connectivity index (χ0v) is 22.6. The Morgan fingerprint density at radius 1 is 0.868 bits per heavy atom. The fourth-order valence-corrected chi connectivity index (χ4v) is 3.53. The molecule has 5 rings (SSSR count). The maximum Gasteiger partial charge on any atom is 0.173 e. The number of nitrogens with two attached hydrogens (primary N) is 1. The Kier molecular flexibility index (Phi) is 9.87. The smallest absolute Gasteiger partial charge is 0.173 e. The number of aryl methyl sites for hydroxylation is 2. The molecule has 0 aliphatic carbocycles. The number of halogens is 1. The molecule has 7 nitrogen and oxygen atoms in total. The van der Waals surface area contributed by atoms with Crippen LogP contribution in [-0.4, -0.2) is 25.5 Å². The number of benzene rings is 2. The summed E-state index contributed by atoms with van der Waals surface area (Å²) in [7, 11) is 0. The average molecular weight is 565 g/mol. The first-order chi connectivity index (χ1) is 18.3. The lowest BCUT2D eigenvalue weighted by atomic mass is 10.1. The predicted octanol–water partition coefficient (Wildman–Crippen LogP) is 6.29. The van der Waals surface area contributed by atoms with Crippen molar-refractivity contribution < 1.29 is 4.79 Å². The first-order valence-corrected chi connectivity index (χ1v) is 12.7. The van der Waals surface area contributed by atoms with E-state index < -0.39 is 0 Å². The second-order valence-corrected chi connectivity index (χ2v) is 8.85. The van der Waals surface area contributed by atoms with Gasteiger partial charge in [-0.05, 0) is 38.1 Å². The van der Waals surface area contributed by atoms with E-state index in [0.29, 0.717) is 22.3 Å². The molecule has 0 fully saturated rings. The van der Waals surface area contributed by atoms with E-state index in [1.165, 1.54) is 17.3 Å². The maximum atomic E-state index is 11.1. The quantitative estimate of drug-likeness (QED) is 0.203. The lowest BCUT2D eigenvalue weighted by Crippen LogP contribution is -1.98. The molecule has 0 unspecified atom stereocenters. The van der Waals surface area contributed by atoms with Gasteiger partial charge in [-0.1, -0.05) is 75.6 Å². The van der Waals surface area contributed by atoms with Crippen LogP contribution in [0.15, 0.2) is 91.4 Å². The topological polar surface area (TPSA) is 121 Å². The molecule has 0 saturated heterocycles. The standard InChI is InChI=1S/C15H11N3.C9H9BrO.C6H5N3/c1-11-2-5-13(6-3-11)14-10-18-9-12(8-16)4-7-15(18)17-14;1-7-2-4-8(5-3-7)9(11)6-10;7-3-5-1-2-6(8)9-4-5/h2-7,9-10H,1H3;2-5H,6H2,1H3;1-2,4H,(H2,8,9). The second-order valence-electron chi connectivity index (χ2n) is 8.29. The van der Waals surface area contributed by atoms with Crippen molar-refractivity contribution in [2.45, 2.75) is 13.8 Å². The molecule has 0 aliphatic heterocycles. The second kappa shape index (κ2) is 13.5. The molecule has 0 aliphatic rings. The summed E-state index contributed by atoms with van der Waals surface area (Å²) in [6.07, 6.45) is 5.18. The Labute approximate surface area is 230 Å². The fraction of sp³-hybridized carbons (Fsp3) is 0.100. The number of anilines is 1. The Morgan fingerprint density at radius 3 is 2.03 bits per heavy atom. The molecule has 0 amide bonds. The summed E-state index contributed by atoms with van der Waals surface area (Å²) in [6, 6.07) is 26.8. The van der Waals surface area contributed by atoms with Crippen LogP contribution in [0.4, 0.5) is 5.82 Å². The van der Waals surface area contributed by atoms with Gasteiger partial charge >= 0.3 is 0 Å². The molecule has 0 spiro atoms. The van der Waals surface area contributed by atoms with Gasteiger partial charge in [0.05, 0.1) is 22.2 Å². The van der Waals surface area contributed by atoms with Gasteiger partial charge in [0, 0.05) is 29.7 Å². The minimum atomic E-state index is 0.130. The number of nitrogens with zero attached hydrogens (tertiary/aromatic N) is 5. The van der Waals surface area contributed by atoms with Crippen LogP contribution in [0.25, 0.3) is 16.9 Å². The number of aromatic nitrogens is 3. The number of hydrogen-bond donors (Lipinski definition) is 1. The number of Topliss-reactive ketones (excluding diaryl/α,β-unsaturated/α-hetero) is 1. The normalized spacial score (nSPS) is 9.71. The van der Waals surface area contributed by atoms with Gasteiger partial charge in [-0.15, -0.1) is 0 Å². The highest BCUT2D eigenvalue weighted by Gasteiger charge is 2.04. The van der Waals surface area contributed by atoms with Crippen LogP contribution < -0.4 is 5.73 Å². The Balaban J connectivity index is 0.000000172. The van der Waals surface area contributed by atoms with E-state index in [2.05, 4.69) is 63.2 Å². The number of rotatable bonds is 3. The Morgan fingerprint density at radius 2 is 1.47 bits per heavy atom. The van der Waals surface area contributed by atoms with Crippen molar-refractivity contribution in [1.82, 2.24) is 14.4 Å². The molecule has 5 aromatic rings. The molecule has 38 heavy (non-hydrogen) atoms. The largest absolute Gasteiger partial charge is 0.384 e. The van der Waals surface area contributed by atoms with E-state index in [1.807, 2.05) is 53.9 Å². The van der Waals surface area contributed by atoms with Crippen LogP contribution in [0.1, 0.15) is 32.6 Å². The third kappa shape index (κ3) is 7.86. The number of alkyl halides is 1. The van der Waals surface area contributed by atoms with Crippen LogP contribution in [0.3, 0.4) is 0 Å². The Hall–Kier alpha value is -4.79. The number of carbonyl (C=O) groups excluding carboxylic acids is 1. The third-order valence-electron chi connectivity index (χ3n) is 5.34. The molecule has 3 heterocycles. The van der Waals surface area contributed by atoms with E-state index in [1.54, 1.807) is 24.4 Å². The van der Waals surface area contributed by atoms with Crippen molar-refractivity contribution in [3.8, 4) is 23.4 Å². The minimum absolute atomic E-state index is 0.130. The molecular weight excluding hydrogens is 540 g/mol. The summed E-state index contributed by atoms with van der Waals surface area (Å²) in [4.78, 5) is 19.3. The number of fused-ring (bicyclic) bond motifs is 1. The number of nitriles is 2. The highest BCUT2D eigenvalue weighted by molar-refractivity contribution is 9.09. The maximum absolute atomic E-state index is 11.1. The monoisotopic (exact) mass is 564 g/mol. The number of carbonyl (C=O) groups is 1. The van der Waals surface area contributed by atoms with Crippen molar-refractivity contribution >= 4 is 33.2 Å². The van der Waals surface area contributed by atoms with E-state index in [9.17, 15) is 4.79 Å². The van der Waals surface area contributed by atoms with Gasteiger partial charge in [-0.25, -0.2) is 9.97 Å². The van der Waals surface area contributed by atoms with Gasteiger partial charge < -0.3 is 10.1 Å². The molecule has 3 aromatic heterocycles. The van der Waals surface area contributed by atoms with Gasteiger partial charge in [-0.2, -0.15) is 10.5 Å². The predicted molar refractivity (Wildman–Crippen MR) is 153 cm³/mol. The summed E-state index contributed by atoms with van der Waals surface area (Å²) in [6.45, 7) is 4.06. The molecule has 2 N–H and O–H groups in total. The molecule has 0 bridgehead atoms. The molecule has 188 valence electrons. The van der Waals surface area contributed by atoms with Gasteiger partial charge in [-0.3, -0.25) is 4.79 Å². The van der Waals surface area contributed by atoms with Gasteiger partial charge in [0.15, 0.2) is 5.78 Å². The highest BCUT2D eigenvalue weighted by atomic mass is 79.9. The molecule has 0 saturated carbocycles. The molecular formula is C30H25BrN6O. The zero-order chi connectivity index (χ0) is 27.5. The van der Waals surface area contributed by atoms with Crippen molar-refractivity contribution in [2.24, 2.45) is 0 Å². The van der Waals surface area contributed by atoms with Crippen LogP contribution in [-0.2, 0) is 0 Å². The molecule has 0 atom stereocenters. The number of nitrogen functional groups attached to an aromatic ring is 1. The van der Waals surface area contributed by atoms with E-state index in [0.717, 1.165) is 22.5 Å². The van der Waals surface area contributed by atoms with Gasteiger partial charge in [0.1, 0.15) is 23.6 Å². The summed E-state index contributed by atoms with van der Waals surface area (Å²) < 4.78 is 1.88. The van der Waals surface area contributed by atoms with Crippen molar-refractivity contribution in [3.05, 3.63) is 119 Å². The number of imidazole rings is 1. The first-order valence-electron chi connectivity index (χ1n) is 11.6. The van der Waals surface area contributed by atoms with E-state index in [-0.39, 0.29) is 5.78 Å². The number of pyridine rings is 2. The summed E-state index contributed by atoms with van der Waals surface area (Å²) >= 11 is 3.12. The molecule has 0 radical (unpaired) electrons. The third-order valence-corrected chi connectivity index (χ3v) is 5.85. The average Bonchev–Trinajstić information content (AvgIpc) is 3.38. The van der Waals surface area contributed by atoms with Crippen molar-refractivity contribution in [1.29, 1.82) is 10.5 Å². The number of hydrogen-bond acceptors (Lipinski definition) is 6.